The van der Waals surface area contributed by atoms with E-state index < -0.39 is 5.82 Å². The molecule has 2 aliphatic rings. The Labute approximate surface area is 196 Å². The van der Waals surface area contributed by atoms with Crippen molar-refractivity contribution in [3.63, 3.8) is 0 Å². The Kier molecular flexibility index (Phi) is 5.60. The Hall–Kier alpha value is -2.22. The molecular weight excluding hydrogens is 452 g/mol. The zero-order valence-corrected chi connectivity index (χ0v) is 19.5. The first-order valence-corrected chi connectivity index (χ1v) is 11.5. The molecule has 0 bridgehead atoms. The van der Waals surface area contributed by atoms with Crippen molar-refractivity contribution in [1.29, 1.82) is 0 Å². The molecule has 2 aromatic heterocycles. The summed E-state index contributed by atoms with van der Waals surface area (Å²) in [6, 6.07) is 5.22. The van der Waals surface area contributed by atoms with E-state index in [1.54, 1.807) is 29.3 Å². The van der Waals surface area contributed by atoms with Gasteiger partial charge in [0.15, 0.2) is 5.82 Å². The molecule has 0 amide bonds. The number of hydrogen-bond donors (Lipinski definition) is 0. The average Bonchev–Trinajstić information content (AvgIpc) is 3.35. The fraction of sp³-hybridized carbons (Fsp3) is 0.435. The highest BCUT2D eigenvalue weighted by molar-refractivity contribution is 6.43. The molecule has 2 saturated heterocycles. The van der Waals surface area contributed by atoms with E-state index >= 15 is 4.39 Å². The number of ether oxygens (including phenoxy) is 1. The lowest BCUT2D eigenvalue weighted by Gasteiger charge is -2.31. The minimum atomic E-state index is -0.580. The van der Waals surface area contributed by atoms with Gasteiger partial charge < -0.3 is 9.64 Å². The van der Waals surface area contributed by atoms with Crippen LogP contribution in [0.5, 0.6) is 6.01 Å². The zero-order valence-electron chi connectivity index (χ0n) is 18.0. The molecule has 0 atom stereocenters. The van der Waals surface area contributed by atoms with Gasteiger partial charge in [-0.2, -0.15) is 9.97 Å². The van der Waals surface area contributed by atoms with E-state index in [0.717, 1.165) is 25.9 Å². The van der Waals surface area contributed by atoms with Gasteiger partial charge in [0.25, 0.3) is 0 Å². The first kappa shape index (κ1) is 21.6. The molecule has 0 aliphatic carbocycles. The molecule has 1 aromatic carbocycles. The van der Waals surface area contributed by atoms with Crippen molar-refractivity contribution >= 4 is 39.9 Å². The minimum Gasteiger partial charge on any atom is -0.461 e. The topological polar surface area (TPSA) is 54.4 Å². The molecule has 0 spiro atoms. The molecule has 0 saturated carbocycles. The molecule has 2 fully saturated rings. The van der Waals surface area contributed by atoms with E-state index in [1.807, 2.05) is 14.1 Å². The van der Waals surface area contributed by atoms with Crippen molar-refractivity contribution in [2.24, 2.45) is 0 Å². The third-order valence-corrected chi connectivity index (χ3v) is 7.37. The van der Waals surface area contributed by atoms with Gasteiger partial charge in [0.2, 0.25) is 0 Å². The molecule has 0 unspecified atom stereocenters. The number of benzene rings is 1. The fourth-order valence-corrected chi connectivity index (χ4v) is 5.35. The van der Waals surface area contributed by atoms with Crippen molar-refractivity contribution in [3.8, 4) is 17.3 Å². The second kappa shape index (κ2) is 8.28. The van der Waals surface area contributed by atoms with E-state index in [0.29, 0.717) is 28.4 Å². The lowest BCUT2D eigenvalue weighted by atomic mass is 9.95. The summed E-state index contributed by atoms with van der Waals surface area (Å²) < 4.78 is 21.8. The van der Waals surface area contributed by atoms with E-state index in [-0.39, 0.29) is 27.8 Å². The molecule has 32 heavy (non-hydrogen) atoms. The van der Waals surface area contributed by atoms with Crippen LogP contribution in [-0.2, 0) is 0 Å². The normalized spacial score (nSPS) is 17.7. The average molecular weight is 476 g/mol. The van der Waals surface area contributed by atoms with Crippen LogP contribution < -0.4 is 9.64 Å². The van der Waals surface area contributed by atoms with Crippen LogP contribution in [0.15, 0.2) is 24.4 Å². The summed E-state index contributed by atoms with van der Waals surface area (Å²) in [6.45, 7) is 2.72. The summed E-state index contributed by atoms with van der Waals surface area (Å²) in [5.41, 5.74) is 0.701. The zero-order chi connectivity index (χ0) is 22.5. The first-order valence-electron chi connectivity index (χ1n) is 10.8. The van der Waals surface area contributed by atoms with Gasteiger partial charge >= 0.3 is 6.01 Å². The third-order valence-electron chi connectivity index (χ3n) is 6.55. The molecule has 0 N–H and O–H groups in total. The quantitative estimate of drug-likeness (QED) is 0.504. The summed E-state index contributed by atoms with van der Waals surface area (Å²) in [5.74, 6) is -0.0316. The maximum Gasteiger partial charge on any atom is 0.319 e. The molecule has 3 aromatic rings. The number of nitrogens with zero attached hydrogens (tertiary/aromatic N) is 5. The van der Waals surface area contributed by atoms with Gasteiger partial charge in [-0.15, -0.1) is 0 Å². The Morgan fingerprint density at radius 1 is 1.16 bits per heavy atom. The van der Waals surface area contributed by atoms with Gasteiger partial charge in [0.1, 0.15) is 23.6 Å². The number of anilines is 1. The van der Waals surface area contributed by atoms with E-state index in [9.17, 15) is 0 Å². The molecule has 2 aliphatic heterocycles. The summed E-state index contributed by atoms with van der Waals surface area (Å²) in [5, 5.41) is 1.09. The predicted molar refractivity (Wildman–Crippen MR) is 125 cm³/mol. The highest BCUT2D eigenvalue weighted by Gasteiger charge is 2.45. The van der Waals surface area contributed by atoms with Crippen LogP contribution >= 0.6 is 23.2 Å². The Bertz CT molecular complexity index is 1180. The first-order chi connectivity index (χ1) is 15.4. The lowest BCUT2D eigenvalue weighted by Crippen LogP contribution is -2.43. The highest BCUT2D eigenvalue weighted by Crippen LogP contribution is 2.40. The van der Waals surface area contributed by atoms with Crippen LogP contribution in [0.3, 0.4) is 0 Å². The van der Waals surface area contributed by atoms with E-state index in [4.69, 9.17) is 27.9 Å². The predicted octanol–water partition coefficient (Wildman–Crippen LogP) is 5.21. The molecule has 9 heteroatoms. The summed E-state index contributed by atoms with van der Waals surface area (Å²) >= 11 is 12.5. The van der Waals surface area contributed by atoms with Crippen molar-refractivity contribution in [2.45, 2.75) is 31.2 Å². The molecule has 5 rings (SSSR count). The summed E-state index contributed by atoms with van der Waals surface area (Å²) in [6.07, 6.45) is 6.13. The van der Waals surface area contributed by atoms with Crippen LogP contribution in [-0.4, -0.2) is 59.2 Å². The van der Waals surface area contributed by atoms with Crippen LogP contribution in [0.1, 0.15) is 25.7 Å². The van der Waals surface area contributed by atoms with Crippen molar-refractivity contribution in [3.05, 3.63) is 40.3 Å². The van der Waals surface area contributed by atoms with Gasteiger partial charge in [-0.05, 0) is 44.8 Å². The number of fused-ring (bicyclic) bond motifs is 2. The second-order valence-electron chi connectivity index (χ2n) is 8.72. The number of rotatable bonds is 5. The standard InChI is InChI=1S/C23H24Cl2FN5O/c1-30(2)21-15-12-27-19(14-6-3-7-16(24)17(14)25)18(26)20(15)28-22(29-21)32-13-23-8-4-10-31(23)11-5-9-23/h3,6-7,12H,4-5,8-11,13H2,1-2H3. The van der Waals surface area contributed by atoms with Crippen LogP contribution in [0, 0.1) is 5.82 Å². The third kappa shape index (κ3) is 3.56. The fourth-order valence-electron chi connectivity index (χ4n) is 4.96. The van der Waals surface area contributed by atoms with Crippen molar-refractivity contribution in [2.75, 3.05) is 38.7 Å². The van der Waals surface area contributed by atoms with Crippen LogP contribution in [0.2, 0.25) is 10.0 Å². The molecular formula is C23H24Cl2FN5O. The number of halogens is 3. The van der Waals surface area contributed by atoms with Gasteiger partial charge in [-0.1, -0.05) is 35.3 Å². The van der Waals surface area contributed by atoms with Crippen LogP contribution in [0.25, 0.3) is 22.2 Å². The van der Waals surface area contributed by atoms with Gasteiger partial charge in [-0.3, -0.25) is 9.88 Å². The highest BCUT2D eigenvalue weighted by atomic mass is 35.5. The monoisotopic (exact) mass is 475 g/mol. The maximum absolute atomic E-state index is 15.7. The van der Waals surface area contributed by atoms with Crippen molar-refractivity contribution < 1.29 is 9.13 Å². The number of hydrogen-bond acceptors (Lipinski definition) is 6. The Morgan fingerprint density at radius 3 is 2.62 bits per heavy atom. The van der Waals surface area contributed by atoms with Gasteiger partial charge in [-0.25, -0.2) is 4.39 Å². The Balaban J connectivity index is 1.57. The van der Waals surface area contributed by atoms with E-state index in [2.05, 4.69) is 19.9 Å². The lowest BCUT2D eigenvalue weighted by molar-refractivity contribution is 0.108. The SMILES string of the molecule is CN(C)c1nc(OCC23CCCN2CCC3)nc2c(F)c(-c3cccc(Cl)c3Cl)ncc12. The molecule has 0 radical (unpaired) electrons. The molecule has 6 nitrogen and oxygen atoms in total. The second-order valence-corrected chi connectivity index (χ2v) is 9.50. The number of pyridine rings is 1. The summed E-state index contributed by atoms with van der Waals surface area (Å²) in [7, 11) is 3.69. The maximum atomic E-state index is 15.7. The largest absolute Gasteiger partial charge is 0.461 e. The minimum absolute atomic E-state index is 0.0485. The number of aromatic nitrogens is 3. The molecule has 168 valence electrons. The summed E-state index contributed by atoms with van der Waals surface area (Å²) in [4.78, 5) is 17.7. The molecule has 4 heterocycles. The van der Waals surface area contributed by atoms with Gasteiger partial charge in [0, 0.05) is 25.9 Å². The van der Waals surface area contributed by atoms with Gasteiger partial charge in [0.05, 0.1) is 21.0 Å². The van der Waals surface area contributed by atoms with Crippen LogP contribution in [0.4, 0.5) is 10.2 Å². The van der Waals surface area contributed by atoms with E-state index in [1.165, 1.54) is 12.8 Å². The smallest absolute Gasteiger partial charge is 0.319 e. The van der Waals surface area contributed by atoms with Crippen molar-refractivity contribution in [1.82, 2.24) is 19.9 Å². The Morgan fingerprint density at radius 2 is 1.91 bits per heavy atom.